The SMILES string of the molecule is OC[C@H]1O[C@@H](O[C@@H]2[C@@H](O)[C@H](OCCc3ccc(O)c(O)c3)O[C@H](CO)[C@H]2O)[C@H](O)[C@@H](O)[C@@H]1O. The fourth-order valence-corrected chi connectivity index (χ4v) is 3.70. The number of benzene rings is 1. The molecule has 3 rings (SSSR count). The summed E-state index contributed by atoms with van der Waals surface area (Å²) >= 11 is 0. The van der Waals surface area contributed by atoms with Gasteiger partial charge in [-0.25, -0.2) is 0 Å². The van der Waals surface area contributed by atoms with Crippen LogP contribution >= 0.6 is 0 Å². The van der Waals surface area contributed by atoms with Crippen LogP contribution in [0.1, 0.15) is 5.56 Å². The Kier molecular flexibility index (Phi) is 8.82. The average Bonchev–Trinajstić information content (AvgIpc) is 2.80. The predicted molar refractivity (Wildman–Crippen MR) is 106 cm³/mol. The van der Waals surface area contributed by atoms with Gasteiger partial charge in [0.25, 0.3) is 0 Å². The standard InChI is InChI=1S/C20H30O13/c21-6-11-13(25)15(27)16(28)20(32-11)33-18-14(26)12(7-22)31-19(17(18)29)30-4-3-8-1-2-9(23)10(24)5-8/h1-2,5,11-29H,3-4,6-7H2/t11-,12-,13-,14-,15+,16-,17-,18+,19-,20+/m1/s1. The second-order valence-corrected chi connectivity index (χ2v) is 7.95. The third-order valence-electron chi connectivity index (χ3n) is 5.67. The summed E-state index contributed by atoms with van der Waals surface area (Å²) in [5.41, 5.74) is 0.614. The first kappa shape index (κ1) is 26.0. The lowest BCUT2D eigenvalue weighted by Crippen LogP contribution is -2.64. The molecule has 2 aliphatic heterocycles. The van der Waals surface area contributed by atoms with E-state index in [4.69, 9.17) is 18.9 Å². The number of aliphatic hydroxyl groups is 7. The van der Waals surface area contributed by atoms with Crippen LogP contribution in [0.15, 0.2) is 18.2 Å². The molecule has 0 unspecified atom stereocenters. The molecule has 0 aromatic heterocycles. The van der Waals surface area contributed by atoms with E-state index in [0.717, 1.165) is 0 Å². The molecule has 2 fully saturated rings. The van der Waals surface area contributed by atoms with E-state index in [0.29, 0.717) is 5.56 Å². The van der Waals surface area contributed by atoms with Crippen molar-refractivity contribution in [2.75, 3.05) is 19.8 Å². The molecule has 0 aliphatic carbocycles. The number of rotatable bonds is 8. The maximum absolute atomic E-state index is 10.7. The zero-order chi connectivity index (χ0) is 24.3. The van der Waals surface area contributed by atoms with Crippen molar-refractivity contribution >= 4 is 0 Å². The molecular weight excluding hydrogens is 448 g/mol. The maximum Gasteiger partial charge on any atom is 0.187 e. The number of aliphatic hydroxyl groups excluding tert-OH is 7. The van der Waals surface area contributed by atoms with Gasteiger partial charge in [-0.05, 0) is 24.1 Å². The lowest BCUT2D eigenvalue weighted by molar-refractivity contribution is -0.360. The van der Waals surface area contributed by atoms with Crippen molar-refractivity contribution in [1.29, 1.82) is 0 Å². The minimum Gasteiger partial charge on any atom is -0.504 e. The first-order valence-electron chi connectivity index (χ1n) is 10.4. The van der Waals surface area contributed by atoms with Gasteiger partial charge in [0.05, 0.1) is 19.8 Å². The first-order chi connectivity index (χ1) is 15.7. The van der Waals surface area contributed by atoms with Crippen molar-refractivity contribution in [2.45, 2.75) is 67.8 Å². The molecular formula is C20H30O13. The van der Waals surface area contributed by atoms with Crippen LogP contribution in [0.25, 0.3) is 0 Å². The highest BCUT2D eigenvalue weighted by atomic mass is 16.7. The van der Waals surface area contributed by atoms with E-state index in [1.54, 1.807) is 6.07 Å². The van der Waals surface area contributed by atoms with Gasteiger partial charge < -0.3 is 64.9 Å². The highest BCUT2D eigenvalue weighted by Gasteiger charge is 2.50. The van der Waals surface area contributed by atoms with Crippen molar-refractivity contribution in [3.05, 3.63) is 23.8 Å². The Morgan fingerprint density at radius 1 is 0.727 bits per heavy atom. The topological polar surface area (TPSA) is 219 Å². The molecule has 2 heterocycles. The van der Waals surface area contributed by atoms with Gasteiger partial charge in [0.1, 0.15) is 48.8 Å². The Hall–Kier alpha value is -1.62. The largest absolute Gasteiger partial charge is 0.504 e. The minimum absolute atomic E-state index is 0.0209. The third-order valence-corrected chi connectivity index (χ3v) is 5.67. The van der Waals surface area contributed by atoms with Crippen molar-refractivity contribution in [3.8, 4) is 11.5 Å². The first-order valence-corrected chi connectivity index (χ1v) is 10.4. The molecule has 0 radical (unpaired) electrons. The van der Waals surface area contributed by atoms with E-state index in [1.807, 2.05) is 0 Å². The van der Waals surface area contributed by atoms with Gasteiger partial charge >= 0.3 is 0 Å². The molecule has 0 spiro atoms. The zero-order valence-corrected chi connectivity index (χ0v) is 17.5. The fourth-order valence-electron chi connectivity index (χ4n) is 3.70. The quantitative estimate of drug-likeness (QED) is 0.164. The molecule has 2 saturated heterocycles. The molecule has 33 heavy (non-hydrogen) atoms. The lowest BCUT2D eigenvalue weighted by atomic mass is 9.97. The van der Waals surface area contributed by atoms with Crippen LogP contribution in [0.2, 0.25) is 0 Å². The van der Waals surface area contributed by atoms with Gasteiger partial charge in [0, 0.05) is 0 Å². The summed E-state index contributed by atoms with van der Waals surface area (Å²) in [6.07, 6.45) is -15.0. The molecule has 1 aromatic carbocycles. The molecule has 1 aromatic rings. The van der Waals surface area contributed by atoms with Crippen LogP contribution in [-0.2, 0) is 25.4 Å². The van der Waals surface area contributed by atoms with Crippen molar-refractivity contribution in [1.82, 2.24) is 0 Å². The minimum atomic E-state index is -1.76. The van der Waals surface area contributed by atoms with E-state index < -0.39 is 74.6 Å². The maximum atomic E-state index is 10.7. The molecule has 9 N–H and O–H groups in total. The van der Waals surface area contributed by atoms with Crippen LogP contribution in [-0.4, -0.2) is 127 Å². The van der Waals surface area contributed by atoms with Crippen LogP contribution in [0, 0.1) is 0 Å². The summed E-state index contributed by atoms with van der Waals surface area (Å²) in [5, 5.41) is 88.9. The van der Waals surface area contributed by atoms with E-state index in [9.17, 15) is 46.0 Å². The summed E-state index contributed by atoms with van der Waals surface area (Å²) < 4.78 is 21.7. The monoisotopic (exact) mass is 478 g/mol. The third kappa shape index (κ3) is 5.72. The number of aromatic hydroxyl groups is 2. The van der Waals surface area contributed by atoms with Gasteiger partial charge in [-0.3, -0.25) is 0 Å². The predicted octanol–water partition coefficient (Wildman–Crippen LogP) is -3.72. The summed E-state index contributed by atoms with van der Waals surface area (Å²) in [7, 11) is 0. The number of phenolic OH excluding ortho intramolecular Hbond substituents is 2. The van der Waals surface area contributed by atoms with Gasteiger partial charge in [-0.15, -0.1) is 0 Å². The van der Waals surface area contributed by atoms with E-state index >= 15 is 0 Å². The highest BCUT2D eigenvalue weighted by Crippen LogP contribution is 2.30. The van der Waals surface area contributed by atoms with Crippen molar-refractivity contribution in [3.63, 3.8) is 0 Å². The summed E-state index contributed by atoms with van der Waals surface area (Å²) in [6.45, 7) is -1.37. The molecule has 188 valence electrons. The second-order valence-electron chi connectivity index (χ2n) is 7.95. The van der Waals surface area contributed by atoms with Crippen molar-refractivity contribution < 1.29 is 64.9 Å². The number of hydrogen-bond donors (Lipinski definition) is 9. The average molecular weight is 478 g/mol. The molecule has 0 saturated carbocycles. The van der Waals surface area contributed by atoms with Crippen LogP contribution in [0.5, 0.6) is 11.5 Å². The molecule has 2 aliphatic rings. The number of hydrogen-bond acceptors (Lipinski definition) is 13. The van der Waals surface area contributed by atoms with E-state index in [-0.39, 0.29) is 24.5 Å². The summed E-state index contributed by atoms with van der Waals surface area (Å²) in [5.74, 6) is -0.587. The highest BCUT2D eigenvalue weighted by molar-refractivity contribution is 5.40. The lowest BCUT2D eigenvalue weighted by Gasteiger charge is -2.45. The van der Waals surface area contributed by atoms with E-state index in [1.165, 1.54) is 12.1 Å². The molecule has 0 bridgehead atoms. The Morgan fingerprint density at radius 3 is 2.00 bits per heavy atom. The Bertz CT molecular complexity index is 761. The van der Waals surface area contributed by atoms with Gasteiger partial charge in [0.2, 0.25) is 0 Å². The number of ether oxygens (including phenoxy) is 4. The molecule has 13 heteroatoms. The Balaban J connectivity index is 1.66. The van der Waals surface area contributed by atoms with E-state index in [2.05, 4.69) is 0 Å². The van der Waals surface area contributed by atoms with Gasteiger partial charge in [-0.1, -0.05) is 6.07 Å². The fraction of sp³-hybridized carbons (Fsp3) is 0.700. The summed E-state index contributed by atoms with van der Waals surface area (Å²) in [6, 6.07) is 4.20. The van der Waals surface area contributed by atoms with Crippen LogP contribution in [0.3, 0.4) is 0 Å². The second kappa shape index (κ2) is 11.2. The Morgan fingerprint density at radius 2 is 1.36 bits per heavy atom. The van der Waals surface area contributed by atoms with Crippen molar-refractivity contribution in [2.24, 2.45) is 0 Å². The number of phenols is 2. The smallest absolute Gasteiger partial charge is 0.187 e. The Labute approximate surface area is 188 Å². The molecule has 10 atom stereocenters. The van der Waals surface area contributed by atoms with Crippen LogP contribution < -0.4 is 0 Å². The normalized spacial score (nSPS) is 39.5. The summed E-state index contributed by atoms with van der Waals surface area (Å²) in [4.78, 5) is 0. The van der Waals surface area contributed by atoms with Gasteiger partial charge in [-0.2, -0.15) is 0 Å². The zero-order valence-electron chi connectivity index (χ0n) is 17.5. The molecule has 13 nitrogen and oxygen atoms in total. The molecule has 0 amide bonds. The van der Waals surface area contributed by atoms with Gasteiger partial charge in [0.15, 0.2) is 24.1 Å². The van der Waals surface area contributed by atoms with Crippen LogP contribution in [0.4, 0.5) is 0 Å².